The van der Waals surface area contributed by atoms with Crippen LogP contribution in [0.3, 0.4) is 0 Å². The maximum Gasteiger partial charge on any atom is 0.191 e. The van der Waals surface area contributed by atoms with Crippen molar-refractivity contribution in [3.63, 3.8) is 0 Å². The molecule has 1 saturated heterocycles. The molecule has 0 radical (unpaired) electrons. The van der Waals surface area contributed by atoms with Crippen LogP contribution in [0, 0.1) is 5.92 Å². The Balaban J connectivity index is 0.00000280. The van der Waals surface area contributed by atoms with Gasteiger partial charge in [0, 0.05) is 38.2 Å². The molecule has 0 amide bonds. The highest BCUT2D eigenvalue weighted by atomic mass is 127. The highest BCUT2D eigenvalue weighted by Crippen LogP contribution is 2.39. The SMILES string of the molecule is CN=C(NCC1CCCN(C(C)C)C1)NC1CC(C)(C)Oc2ccccc21.I. The topological polar surface area (TPSA) is 48.9 Å². The van der Waals surface area contributed by atoms with Crippen molar-refractivity contribution in [2.45, 2.75) is 64.6 Å². The van der Waals surface area contributed by atoms with E-state index in [-0.39, 0.29) is 35.6 Å². The van der Waals surface area contributed by atoms with Crippen LogP contribution in [-0.4, -0.2) is 49.2 Å². The lowest BCUT2D eigenvalue weighted by Gasteiger charge is -2.39. The number of hydrogen-bond acceptors (Lipinski definition) is 3. The van der Waals surface area contributed by atoms with Gasteiger partial charge in [-0.3, -0.25) is 4.99 Å². The van der Waals surface area contributed by atoms with Gasteiger partial charge in [0.2, 0.25) is 0 Å². The van der Waals surface area contributed by atoms with E-state index in [0.717, 1.165) is 24.7 Å². The first-order valence-corrected chi connectivity index (χ1v) is 10.4. The minimum absolute atomic E-state index is 0. The van der Waals surface area contributed by atoms with Gasteiger partial charge in [0.1, 0.15) is 11.4 Å². The van der Waals surface area contributed by atoms with E-state index in [1.54, 1.807) is 0 Å². The van der Waals surface area contributed by atoms with Crippen LogP contribution in [-0.2, 0) is 0 Å². The molecule has 2 aliphatic heterocycles. The van der Waals surface area contributed by atoms with E-state index in [1.165, 1.54) is 31.5 Å². The second kappa shape index (κ2) is 10.1. The molecule has 0 aliphatic carbocycles. The van der Waals surface area contributed by atoms with Gasteiger partial charge in [-0.2, -0.15) is 0 Å². The number of fused-ring (bicyclic) bond motifs is 1. The van der Waals surface area contributed by atoms with Gasteiger partial charge in [0.15, 0.2) is 5.96 Å². The molecule has 0 spiro atoms. The van der Waals surface area contributed by atoms with Gasteiger partial charge in [-0.1, -0.05) is 18.2 Å². The van der Waals surface area contributed by atoms with Gasteiger partial charge in [-0.15, -0.1) is 24.0 Å². The average molecular weight is 500 g/mol. The van der Waals surface area contributed by atoms with Crippen LogP contribution < -0.4 is 15.4 Å². The normalized spacial score (nSPS) is 24.7. The van der Waals surface area contributed by atoms with Gasteiger partial charge in [0.05, 0.1) is 6.04 Å². The van der Waals surface area contributed by atoms with Gasteiger partial charge < -0.3 is 20.3 Å². The minimum atomic E-state index is -0.188. The van der Waals surface area contributed by atoms with E-state index < -0.39 is 0 Å². The summed E-state index contributed by atoms with van der Waals surface area (Å²) >= 11 is 0. The number of hydrogen-bond donors (Lipinski definition) is 2. The van der Waals surface area contributed by atoms with Gasteiger partial charge in [-0.25, -0.2) is 0 Å². The fourth-order valence-corrected chi connectivity index (χ4v) is 4.26. The Bertz CT molecular complexity index is 662. The summed E-state index contributed by atoms with van der Waals surface area (Å²) in [5.41, 5.74) is 1.02. The molecule has 5 nitrogen and oxygen atoms in total. The maximum atomic E-state index is 6.15. The van der Waals surface area contributed by atoms with Crippen LogP contribution in [0.5, 0.6) is 5.75 Å². The number of rotatable bonds is 4. The Hall–Kier alpha value is -1.02. The maximum absolute atomic E-state index is 6.15. The molecule has 2 N–H and O–H groups in total. The lowest BCUT2D eigenvalue weighted by Crippen LogP contribution is -2.48. The largest absolute Gasteiger partial charge is 0.487 e. The lowest BCUT2D eigenvalue weighted by atomic mass is 9.90. The van der Waals surface area contributed by atoms with E-state index in [9.17, 15) is 0 Å². The Morgan fingerprint density at radius 1 is 1.32 bits per heavy atom. The monoisotopic (exact) mass is 500 g/mol. The lowest BCUT2D eigenvalue weighted by molar-refractivity contribution is 0.0693. The molecule has 0 saturated carbocycles. The van der Waals surface area contributed by atoms with Crippen molar-refractivity contribution in [2.24, 2.45) is 10.9 Å². The Morgan fingerprint density at radius 2 is 2.07 bits per heavy atom. The summed E-state index contributed by atoms with van der Waals surface area (Å²) < 4.78 is 6.15. The van der Waals surface area contributed by atoms with Crippen molar-refractivity contribution >= 4 is 29.9 Å². The second-order valence-electron chi connectivity index (χ2n) is 8.85. The van der Waals surface area contributed by atoms with Crippen LogP contribution >= 0.6 is 24.0 Å². The zero-order chi connectivity index (χ0) is 19.4. The van der Waals surface area contributed by atoms with E-state index in [2.05, 4.69) is 66.4 Å². The molecule has 2 atom stereocenters. The first kappa shape index (κ1) is 23.3. The van der Waals surface area contributed by atoms with Crippen molar-refractivity contribution in [3.8, 4) is 5.75 Å². The highest BCUT2D eigenvalue weighted by Gasteiger charge is 2.34. The molecule has 1 aromatic rings. The number of aliphatic imine (C=N–C) groups is 1. The van der Waals surface area contributed by atoms with Gasteiger partial charge in [-0.05, 0) is 59.1 Å². The predicted molar refractivity (Wildman–Crippen MR) is 128 cm³/mol. The standard InChI is InChI=1S/C22H36N4O.HI/c1-16(2)26-12-8-9-17(15-26)14-24-21(23-5)25-19-13-22(3,4)27-20-11-7-6-10-18(19)20;/h6-7,10-11,16-17,19H,8-9,12-15H2,1-5H3,(H2,23,24,25);1H. The van der Waals surface area contributed by atoms with Crippen molar-refractivity contribution in [1.82, 2.24) is 15.5 Å². The Morgan fingerprint density at radius 3 is 2.79 bits per heavy atom. The summed E-state index contributed by atoms with van der Waals surface area (Å²) in [6, 6.07) is 9.16. The molecule has 1 fully saturated rings. The fourth-order valence-electron chi connectivity index (χ4n) is 4.26. The van der Waals surface area contributed by atoms with Crippen molar-refractivity contribution in [2.75, 3.05) is 26.7 Å². The molecule has 6 heteroatoms. The number of benzene rings is 1. The van der Waals surface area contributed by atoms with E-state index in [0.29, 0.717) is 12.0 Å². The second-order valence-corrected chi connectivity index (χ2v) is 8.85. The molecule has 158 valence electrons. The molecule has 2 heterocycles. The van der Waals surface area contributed by atoms with E-state index in [1.807, 2.05) is 13.1 Å². The first-order chi connectivity index (χ1) is 12.9. The van der Waals surface area contributed by atoms with Crippen LogP contribution in [0.15, 0.2) is 29.3 Å². The molecule has 2 aliphatic rings. The number of ether oxygens (including phenoxy) is 1. The molecular formula is C22H37IN4O. The molecule has 1 aromatic carbocycles. The van der Waals surface area contributed by atoms with Crippen molar-refractivity contribution in [3.05, 3.63) is 29.8 Å². The molecule has 0 aromatic heterocycles. The van der Waals surface area contributed by atoms with Crippen LogP contribution in [0.25, 0.3) is 0 Å². The van der Waals surface area contributed by atoms with E-state index >= 15 is 0 Å². The third kappa shape index (κ3) is 5.99. The quantitative estimate of drug-likeness (QED) is 0.370. The Labute approximate surface area is 187 Å². The van der Waals surface area contributed by atoms with E-state index in [4.69, 9.17) is 4.74 Å². The molecular weight excluding hydrogens is 463 g/mol. The Kier molecular flexibility index (Phi) is 8.43. The summed E-state index contributed by atoms with van der Waals surface area (Å²) in [5, 5.41) is 7.21. The summed E-state index contributed by atoms with van der Waals surface area (Å²) in [5.74, 6) is 2.54. The van der Waals surface area contributed by atoms with Gasteiger partial charge >= 0.3 is 0 Å². The summed E-state index contributed by atoms with van der Waals surface area (Å²) in [6.45, 7) is 12.3. The summed E-state index contributed by atoms with van der Waals surface area (Å²) in [7, 11) is 1.85. The molecule has 2 unspecified atom stereocenters. The molecule has 0 bridgehead atoms. The first-order valence-electron chi connectivity index (χ1n) is 10.4. The number of para-hydroxylation sites is 1. The number of nitrogens with zero attached hydrogens (tertiary/aromatic N) is 2. The minimum Gasteiger partial charge on any atom is -0.487 e. The van der Waals surface area contributed by atoms with Gasteiger partial charge in [0.25, 0.3) is 0 Å². The average Bonchev–Trinajstić information content (AvgIpc) is 2.64. The summed E-state index contributed by atoms with van der Waals surface area (Å²) in [4.78, 5) is 7.07. The molecule has 28 heavy (non-hydrogen) atoms. The highest BCUT2D eigenvalue weighted by molar-refractivity contribution is 14.0. The number of guanidine groups is 1. The van der Waals surface area contributed by atoms with Crippen LogP contribution in [0.2, 0.25) is 0 Å². The van der Waals surface area contributed by atoms with Crippen molar-refractivity contribution < 1.29 is 4.74 Å². The van der Waals surface area contributed by atoms with Crippen LogP contribution in [0.1, 0.15) is 58.6 Å². The zero-order valence-corrected chi connectivity index (χ0v) is 20.3. The molecule has 3 rings (SSSR count). The predicted octanol–water partition coefficient (Wildman–Crippen LogP) is 4.19. The third-order valence-corrected chi connectivity index (χ3v) is 5.75. The smallest absolute Gasteiger partial charge is 0.191 e. The number of likely N-dealkylation sites (tertiary alicyclic amines) is 1. The summed E-state index contributed by atoms with van der Waals surface area (Å²) in [6.07, 6.45) is 3.49. The third-order valence-electron chi connectivity index (χ3n) is 5.75. The number of piperidine rings is 1. The fraction of sp³-hybridized carbons (Fsp3) is 0.682. The zero-order valence-electron chi connectivity index (χ0n) is 18.0. The number of halogens is 1. The number of nitrogens with one attached hydrogen (secondary N) is 2. The van der Waals surface area contributed by atoms with Crippen molar-refractivity contribution in [1.29, 1.82) is 0 Å². The van der Waals surface area contributed by atoms with Crippen LogP contribution in [0.4, 0.5) is 0 Å².